The minimum Gasteiger partial charge on any atom is -0.460 e. The largest absolute Gasteiger partial charge is 0.460 e. The molecule has 0 bridgehead atoms. The van der Waals surface area contributed by atoms with E-state index in [1.807, 2.05) is 26.0 Å². The maximum Gasteiger partial charge on any atom is 0.379 e. The normalized spacial score (nSPS) is 11.3. The SMILES string of the molecule is CCOC(=O)c1noc(C(C)(C)c2ccc(N)cc2)n1. The van der Waals surface area contributed by atoms with Crippen molar-refractivity contribution in [2.45, 2.75) is 26.2 Å². The van der Waals surface area contributed by atoms with Crippen molar-refractivity contribution in [1.82, 2.24) is 10.1 Å². The minimum absolute atomic E-state index is 0.0645. The first-order valence-corrected chi connectivity index (χ1v) is 6.32. The van der Waals surface area contributed by atoms with Crippen LogP contribution < -0.4 is 5.73 Å². The molecule has 0 saturated heterocycles. The highest BCUT2D eigenvalue weighted by molar-refractivity contribution is 5.84. The Kier molecular flexibility index (Phi) is 3.74. The van der Waals surface area contributed by atoms with E-state index in [-0.39, 0.29) is 12.4 Å². The highest BCUT2D eigenvalue weighted by Crippen LogP contribution is 2.30. The van der Waals surface area contributed by atoms with Gasteiger partial charge in [-0.2, -0.15) is 4.98 Å². The second kappa shape index (κ2) is 5.32. The third-order valence-electron chi connectivity index (χ3n) is 3.05. The number of anilines is 1. The minimum atomic E-state index is -0.587. The number of carbonyl (C=O) groups is 1. The molecule has 0 radical (unpaired) electrons. The Bertz CT molecular complexity index is 602. The summed E-state index contributed by atoms with van der Waals surface area (Å²) in [5.74, 6) is -0.300. The van der Waals surface area contributed by atoms with Gasteiger partial charge in [0.1, 0.15) is 0 Å². The number of rotatable bonds is 4. The van der Waals surface area contributed by atoms with E-state index in [1.54, 1.807) is 19.1 Å². The molecule has 1 heterocycles. The smallest absolute Gasteiger partial charge is 0.379 e. The first-order chi connectivity index (χ1) is 9.45. The number of nitrogens with zero attached hydrogens (tertiary/aromatic N) is 2. The molecule has 2 aromatic rings. The molecule has 0 atom stereocenters. The lowest BCUT2D eigenvalue weighted by atomic mass is 9.84. The summed E-state index contributed by atoms with van der Waals surface area (Å²) in [5, 5.41) is 3.66. The van der Waals surface area contributed by atoms with Gasteiger partial charge in [-0.1, -0.05) is 12.1 Å². The van der Waals surface area contributed by atoms with Gasteiger partial charge in [-0.25, -0.2) is 4.79 Å². The monoisotopic (exact) mass is 275 g/mol. The van der Waals surface area contributed by atoms with Crippen LogP contribution in [0.25, 0.3) is 0 Å². The number of nitrogen functional groups attached to an aromatic ring is 1. The molecule has 6 nitrogen and oxygen atoms in total. The van der Waals surface area contributed by atoms with Crippen LogP contribution in [0, 0.1) is 0 Å². The summed E-state index contributed by atoms with van der Waals surface area (Å²) in [6, 6.07) is 7.40. The third kappa shape index (κ3) is 2.64. The van der Waals surface area contributed by atoms with E-state index in [9.17, 15) is 4.79 Å². The molecule has 0 amide bonds. The van der Waals surface area contributed by atoms with Crippen LogP contribution in [0.1, 0.15) is 42.8 Å². The van der Waals surface area contributed by atoms with Crippen molar-refractivity contribution in [3.63, 3.8) is 0 Å². The molecule has 0 spiro atoms. The van der Waals surface area contributed by atoms with Crippen LogP contribution in [0.3, 0.4) is 0 Å². The van der Waals surface area contributed by atoms with Gasteiger partial charge in [0.15, 0.2) is 0 Å². The zero-order valence-corrected chi connectivity index (χ0v) is 11.7. The fourth-order valence-electron chi connectivity index (χ4n) is 1.78. The molecule has 0 fully saturated rings. The van der Waals surface area contributed by atoms with Crippen LogP contribution in [0.5, 0.6) is 0 Å². The molecule has 2 N–H and O–H groups in total. The van der Waals surface area contributed by atoms with Gasteiger partial charge in [0.2, 0.25) is 5.89 Å². The number of esters is 1. The maximum absolute atomic E-state index is 11.5. The zero-order chi connectivity index (χ0) is 14.8. The molecule has 2 rings (SSSR count). The highest BCUT2D eigenvalue weighted by atomic mass is 16.5. The molecule has 6 heteroatoms. The van der Waals surface area contributed by atoms with Crippen LogP contribution in [0.4, 0.5) is 5.69 Å². The second-order valence-corrected chi connectivity index (χ2v) is 4.89. The average Bonchev–Trinajstić information content (AvgIpc) is 2.90. The van der Waals surface area contributed by atoms with Crippen molar-refractivity contribution in [3.05, 3.63) is 41.5 Å². The summed E-state index contributed by atoms with van der Waals surface area (Å²) in [5.41, 5.74) is 6.80. The van der Waals surface area contributed by atoms with E-state index in [0.717, 1.165) is 5.56 Å². The number of nitrogens with two attached hydrogens (primary N) is 1. The quantitative estimate of drug-likeness (QED) is 0.679. The van der Waals surface area contributed by atoms with Crippen molar-refractivity contribution in [3.8, 4) is 0 Å². The van der Waals surface area contributed by atoms with Gasteiger partial charge in [-0.15, -0.1) is 0 Å². The third-order valence-corrected chi connectivity index (χ3v) is 3.05. The number of ether oxygens (including phenoxy) is 1. The van der Waals surface area contributed by atoms with Crippen LogP contribution in [0.2, 0.25) is 0 Å². The molecule has 0 aliphatic rings. The van der Waals surface area contributed by atoms with Crippen molar-refractivity contribution in [2.24, 2.45) is 0 Å². The van der Waals surface area contributed by atoms with Crippen LogP contribution in [0.15, 0.2) is 28.8 Å². The number of benzene rings is 1. The van der Waals surface area contributed by atoms with Gasteiger partial charge in [-0.3, -0.25) is 0 Å². The van der Waals surface area contributed by atoms with Gasteiger partial charge >= 0.3 is 5.97 Å². The Morgan fingerprint density at radius 3 is 2.60 bits per heavy atom. The van der Waals surface area contributed by atoms with Gasteiger partial charge in [0, 0.05) is 5.69 Å². The topological polar surface area (TPSA) is 91.2 Å². The van der Waals surface area contributed by atoms with Crippen molar-refractivity contribution in [1.29, 1.82) is 0 Å². The fraction of sp³-hybridized carbons (Fsp3) is 0.357. The second-order valence-electron chi connectivity index (χ2n) is 4.89. The van der Waals surface area contributed by atoms with E-state index in [2.05, 4.69) is 10.1 Å². The van der Waals surface area contributed by atoms with E-state index < -0.39 is 11.4 Å². The van der Waals surface area contributed by atoms with E-state index >= 15 is 0 Å². The van der Waals surface area contributed by atoms with Crippen molar-refractivity contribution >= 4 is 11.7 Å². The molecule has 1 aromatic heterocycles. The highest BCUT2D eigenvalue weighted by Gasteiger charge is 2.31. The predicted molar refractivity (Wildman–Crippen MR) is 73.2 cm³/mol. The lowest BCUT2D eigenvalue weighted by molar-refractivity contribution is 0.0508. The summed E-state index contributed by atoms with van der Waals surface area (Å²) >= 11 is 0. The summed E-state index contributed by atoms with van der Waals surface area (Å²) < 4.78 is 10.0. The molecular formula is C14H17N3O3. The van der Waals surface area contributed by atoms with Gasteiger partial charge in [0.25, 0.3) is 5.82 Å². The molecule has 20 heavy (non-hydrogen) atoms. The number of aromatic nitrogens is 2. The fourth-order valence-corrected chi connectivity index (χ4v) is 1.78. The van der Waals surface area contributed by atoms with E-state index in [4.69, 9.17) is 15.0 Å². The van der Waals surface area contributed by atoms with Crippen molar-refractivity contribution < 1.29 is 14.1 Å². The summed E-state index contributed by atoms with van der Waals surface area (Å²) in [6.45, 7) is 5.85. The Hall–Kier alpha value is -2.37. The van der Waals surface area contributed by atoms with Gasteiger partial charge in [-0.05, 0) is 43.6 Å². The standard InChI is InChI=1S/C14H17N3O3/c1-4-19-12(18)11-16-13(20-17-11)14(2,3)9-5-7-10(15)8-6-9/h5-8H,4,15H2,1-3H3. The Labute approximate surface area is 116 Å². The van der Waals surface area contributed by atoms with Crippen LogP contribution in [-0.4, -0.2) is 22.7 Å². The van der Waals surface area contributed by atoms with Gasteiger partial charge in [0.05, 0.1) is 12.0 Å². The number of hydrogen-bond donors (Lipinski definition) is 1. The molecule has 106 valence electrons. The van der Waals surface area contributed by atoms with E-state index in [0.29, 0.717) is 11.6 Å². The number of hydrogen-bond acceptors (Lipinski definition) is 6. The Morgan fingerprint density at radius 2 is 2.00 bits per heavy atom. The predicted octanol–water partition coefficient (Wildman–Crippen LogP) is 2.15. The van der Waals surface area contributed by atoms with E-state index in [1.165, 1.54) is 0 Å². The maximum atomic E-state index is 11.5. The van der Waals surface area contributed by atoms with Crippen molar-refractivity contribution in [2.75, 3.05) is 12.3 Å². The molecular weight excluding hydrogens is 258 g/mol. The first kappa shape index (κ1) is 14.0. The first-order valence-electron chi connectivity index (χ1n) is 6.32. The number of carbonyl (C=O) groups excluding carboxylic acids is 1. The lowest BCUT2D eigenvalue weighted by Gasteiger charge is -2.20. The Morgan fingerprint density at radius 1 is 1.35 bits per heavy atom. The summed E-state index contributed by atoms with van der Waals surface area (Å²) in [4.78, 5) is 15.7. The molecule has 0 aliphatic heterocycles. The molecule has 1 aromatic carbocycles. The molecule has 0 saturated carbocycles. The molecule has 0 unspecified atom stereocenters. The summed E-state index contributed by atoms with van der Waals surface area (Å²) in [6.07, 6.45) is 0. The van der Waals surface area contributed by atoms with Crippen LogP contribution >= 0.6 is 0 Å². The average molecular weight is 275 g/mol. The molecule has 0 aliphatic carbocycles. The summed E-state index contributed by atoms with van der Waals surface area (Å²) in [7, 11) is 0. The Balaban J connectivity index is 2.30. The zero-order valence-electron chi connectivity index (χ0n) is 11.7. The lowest BCUT2D eigenvalue weighted by Crippen LogP contribution is -2.20. The van der Waals surface area contributed by atoms with Gasteiger partial charge < -0.3 is 15.0 Å². The van der Waals surface area contributed by atoms with Crippen LogP contribution in [-0.2, 0) is 10.2 Å².